The molecular weight excluding hydrogens is 442 g/mol. The van der Waals surface area contributed by atoms with Crippen molar-refractivity contribution in [2.45, 2.75) is 48.5 Å². The monoisotopic (exact) mass is 467 g/mol. The number of rotatable bonds is 5. The largest absolute Gasteiger partial charge is 0.496 e. The first-order chi connectivity index (χ1) is 15.5. The minimum absolute atomic E-state index is 0.159. The van der Waals surface area contributed by atoms with Gasteiger partial charge in [-0.1, -0.05) is 71.9 Å². The van der Waals surface area contributed by atoms with Gasteiger partial charge in [0.25, 0.3) is 0 Å². The minimum atomic E-state index is -0.930. The molecule has 166 valence electrons. The number of aromatic nitrogens is 2. The molecule has 2 atom stereocenters. The predicted molar refractivity (Wildman–Crippen MR) is 130 cm³/mol. The highest BCUT2D eigenvalue weighted by molar-refractivity contribution is 7.98. The maximum Gasteiger partial charge on any atom is 0.190 e. The predicted octanol–water partition coefficient (Wildman–Crippen LogP) is 5.55. The lowest BCUT2D eigenvalue weighted by atomic mass is 9.80. The highest BCUT2D eigenvalue weighted by Gasteiger charge is 2.50. The zero-order valence-electron chi connectivity index (χ0n) is 18.2. The van der Waals surface area contributed by atoms with Gasteiger partial charge in [0.1, 0.15) is 16.7 Å². The third-order valence-corrected chi connectivity index (χ3v) is 7.51. The van der Waals surface area contributed by atoms with Crippen molar-refractivity contribution in [3.63, 3.8) is 0 Å². The Hall–Kier alpha value is -2.28. The first kappa shape index (κ1) is 21.6. The molecule has 0 saturated carbocycles. The van der Waals surface area contributed by atoms with E-state index in [1.807, 2.05) is 60.9 Å². The summed E-state index contributed by atoms with van der Waals surface area (Å²) in [6.07, 6.45) is 5.21. The summed E-state index contributed by atoms with van der Waals surface area (Å²) < 4.78 is 5.57. The number of hydrogen-bond donors (Lipinski definition) is 1. The van der Waals surface area contributed by atoms with Crippen molar-refractivity contribution < 1.29 is 9.84 Å². The van der Waals surface area contributed by atoms with Crippen LogP contribution < -0.4 is 9.64 Å². The SMILES string of the molecule is COc1ccccc1C1(O)CC2CCC(C1)N2c1nc(SC)nc(Cl)c1-c1ccccc1. The number of aliphatic hydroxyl groups is 1. The number of ether oxygens (including phenoxy) is 1. The zero-order valence-corrected chi connectivity index (χ0v) is 19.7. The lowest BCUT2D eigenvalue weighted by Gasteiger charge is -2.45. The summed E-state index contributed by atoms with van der Waals surface area (Å²) in [5.41, 5.74) is 1.81. The Morgan fingerprint density at radius 2 is 1.69 bits per heavy atom. The molecule has 1 N–H and O–H groups in total. The molecule has 3 aromatic rings. The molecule has 2 unspecified atom stereocenters. The molecule has 7 heteroatoms. The Balaban J connectivity index is 1.58. The van der Waals surface area contributed by atoms with E-state index in [9.17, 15) is 5.11 Å². The van der Waals surface area contributed by atoms with Crippen LogP contribution in [-0.2, 0) is 5.60 Å². The van der Waals surface area contributed by atoms with Gasteiger partial charge in [-0.25, -0.2) is 9.97 Å². The first-order valence-corrected chi connectivity index (χ1v) is 12.5. The van der Waals surface area contributed by atoms with Crippen molar-refractivity contribution in [3.05, 3.63) is 65.3 Å². The summed E-state index contributed by atoms with van der Waals surface area (Å²) in [4.78, 5) is 11.8. The molecule has 2 bridgehead atoms. The number of thioether (sulfide) groups is 1. The van der Waals surface area contributed by atoms with E-state index < -0.39 is 5.60 Å². The van der Waals surface area contributed by atoms with Gasteiger partial charge in [0.05, 0.1) is 18.3 Å². The van der Waals surface area contributed by atoms with E-state index in [-0.39, 0.29) is 12.1 Å². The van der Waals surface area contributed by atoms with Crippen LogP contribution in [0.4, 0.5) is 5.82 Å². The Morgan fingerprint density at radius 3 is 2.34 bits per heavy atom. The molecule has 0 amide bonds. The van der Waals surface area contributed by atoms with Gasteiger partial charge in [-0.15, -0.1) is 0 Å². The van der Waals surface area contributed by atoms with E-state index >= 15 is 0 Å². The van der Waals surface area contributed by atoms with Crippen LogP contribution in [0, 0.1) is 0 Å². The Kier molecular flexibility index (Phi) is 5.78. The lowest BCUT2D eigenvalue weighted by Crippen LogP contribution is -2.50. The zero-order chi connectivity index (χ0) is 22.3. The van der Waals surface area contributed by atoms with Crippen molar-refractivity contribution >= 4 is 29.2 Å². The van der Waals surface area contributed by atoms with Crippen molar-refractivity contribution in [1.29, 1.82) is 0 Å². The average Bonchev–Trinajstić information content (AvgIpc) is 3.10. The molecule has 5 nitrogen and oxygen atoms in total. The molecule has 2 saturated heterocycles. The molecule has 2 aliphatic rings. The number of para-hydroxylation sites is 1. The number of anilines is 1. The summed E-state index contributed by atoms with van der Waals surface area (Å²) >= 11 is 8.21. The maximum atomic E-state index is 11.8. The summed E-state index contributed by atoms with van der Waals surface area (Å²) in [7, 11) is 1.66. The number of methoxy groups -OCH3 is 1. The molecule has 3 heterocycles. The van der Waals surface area contributed by atoms with E-state index in [1.54, 1.807) is 7.11 Å². The summed E-state index contributed by atoms with van der Waals surface area (Å²) in [5, 5.41) is 12.9. The summed E-state index contributed by atoms with van der Waals surface area (Å²) in [6, 6.07) is 18.2. The fourth-order valence-corrected chi connectivity index (χ4v) is 6.04. The smallest absolute Gasteiger partial charge is 0.190 e. The van der Waals surface area contributed by atoms with E-state index in [1.165, 1.54) is 11.8 Å². The maximum absolute atomic E-state index is 11.8. The van der Waals surface area contributed by atoms with Gasteiger partial charge in [-0.05, 0) is 30.7 Å². The number of halogens is 1. The second kappa shape index (κ2) is 8.58. The van der Waals surface area contributed by atoms with Crippen LogP contribution in [0.1, 0.15) is 31.2 Å². The normalized spacial score (nSPS) is 24.6. The third kappa shape index (κ3) is 3.64. The van der Waals surface area contributed by atoms with Crippen molar-refractivity contribution in [1.82, 2.24) is 9.97 Å². The second-order valence-electron chi connectivity index (χ2n) is 8.50. The molecule has 32 heavy (non-hydrogen) atoms. The minimum Gasteiger partial charge on any atom is -0.496 e. The van der Waals surface area contributed by atoms with Crippen LogP contribution in [-0.4, -0.2) is 40.5 Å². The van der Waals surface area contributed by atoms with E-state index in [0.29, 0.717) is 23.2 Å². The highest BCUT2D eigenvalue weighted by Crippen LogP contribution is 2.51. The number of benzene rings is 2. The van der Waals surface area contributed by atoms with Crippen LogP contribution in [0.25, 0.3) is 11.1 Å². The Bertz CT molecular complexity index is 1110. The molecular formula is C25H26ClN3O2S. The number of piperidine rings is 1. The highest BCUT2D eigenvalue weighted by atomic mass is 35.5. The number of fused-ring (bicyclic) bond motifs is 2. The van der Waals surface area contributed by atoms with Crippen LogP contribution >= 0.6 is 23.4 Å². The van der Waals surface area contributed by atoms with E-state index in [4.69, 9.17) is 21.3 Å². The van der Waals surface area contributed by atoms with Crippen molar-refractivity contribution in [2.24, 2.45) is 0 Å². The standard InChI is InChI=1S/C25H26ClN3O2S/c1-31-20-11-7-6-10-19(20)25(30)14-17-12-13-18(15-25)29(17)23-21(16-8-4-3-5-9-16)22(26)27-24(28-23)32-2/h3-11,17-18,30H,12-15H2,1-2H3. The van der Waals surface area contributed by atoms with Gasteiger partial charge in [0.2, 0.25) is 0 Å². The number of nitrogens with zero attached hydrogens (tertiary/aromatic N) is 3. The van der Waals surface area contributed by atoms with E-state index in [2.05, 4.69) is 9.88 Å². The molecule has 2 aromatic carbocycles. The Labute approximate surface area is 197 Å². The van der Waals surface area contributed by atoms with Crippen LogP contribution in [0.2, 0.25) is 5.15 Å². The molecule has 0 spiro atoms. The molecule has 2 fully saturated rings. The van der Waals surface area contributed by atoms with Crippen LogP contribution in [0.15, 0.2) is 59.8 Å². The van der Waals surface area contributed by atoms with Gasteiger partial charge in [-0.2, -0.15) is 0 Å². The fourth-order valence-electron chi connectivity index (χ4n) is 5.35. The van der Waals surface area contributed by atoms with Crippen LogP contribution in [0.5, 0.6) is 5.75 Å². The van der Waals surface area contributed by atoms with Gasteiger partial charge < -0.3 is 14.7 Å². The quantitative estimate of drug-likeness (QED) is 0.302. The van der Waals surface area contributed by atoms with Crippen molar-refractivity contribution in [2.75, 3.05) is 18.3 Å². The second-order valence-corrected chi connectivity index (χ2v) is 9.63. The van der Waals surface area contributed by atoms with Gasteiger partial charge in [0.15, 0.2) is 5.16 Å². The lowest BCUT2D eigenvalue weighted by molar-refractivity contribution is -0.00508. The Morgan fingerprint density at radius 1 is 1.03 bits per heavy atom. The average molecular weight is 468 g/mol. The first-order valence-electron chi connectivity index (χ1n) is 10.8. The molecule has 2 aliphatic heterocycles. The summed E-state index contributed by atoms with van der Waals surface area (Å²) in [6.45, 7) is 0. The number of hydrogen-bond acceptors (Lipinski definition) is 6. The van der Waals surface area contributed by atoms with Gasteiger partial charge in [-0.3, -0.25) is 0 Å². The van der Waals surface area contributed by atoms with Gasteiger partial charge >= 0.3 is 0 Å². The van der Waals surface area contributed by atoms with Crippen LogP contribution in [0.3, 0.4) is 0 Å². The van der Waals surface area contributed by atoms with Crippen molar-refractivity contribution in [3.8, 4) is 16.9 Å². The molecule has 0 aliphatic carbocycles. The molecule has 5 rings (SSSR count). The summed E-state index contributed by atoms with van der Waals surface area (Å²) in [5.74, 6) is 1.61. The van der Waals surface area contributed by atoms with E-state index in [0.717, 1.165) is 41.1 Å². The van der Waals surface area contributed by atoms with Gasteiger partial charge in [0, 0.05) is 30.5 Å². The fraction of sp³-hybridized carbons (Fsp3) is 0.360. The molecule has 0 radical (unpaired) electrons. The third-order valence-electron chi connectivity index (χ3n) is 6.69. The topological polar surface area (TPSA) is 58.5 Å². The molecule has 1 aromatic heterocycles.